The van der Waals surface area contributed by atoms with Gasteiger partial charge in [-0.15, -0.1) is 0 Å². The normalized spacial score (nSPS) is 32.0. The summed E-state index contributed by atoms with van der Waals surface area (Å²) in [5.74, 6) is 0.736. The van der Waals surface area contributed by atoms with Gasteiger partial charge in [0.1, 0.15) is 5.54 Å². The van der Waals surface area contributed by atoms with Crippen LogP contribution in [0.3, 0.4) is 0 Å². The Hall–Kier alpha value is -1.46. The van der Waals surface area contributed by atoms with Crippen LogP contribution in [0, 0.1) is 5.92 Å². The third-order valence-corrected chi connectivity index (χ3v) is 4.77. The van der Waals surface area contributed by atoms with Gasteiger partial charge in [0.05, 0.1) is 0 Å². The first-order chi connectivity index (χ1) is 9.55. The van der Waals surface area contributed by atoms with Crippen LogP contribution in [0.25, 0.3) is 0 Å². The third-order valence-electron chi connectivity index (χ3n) is 4.77. The number of urea groups is 1. The lowest BCUT2D eigenvalue weighted by molar-refractivity contribution is 0.209. The number of amides is 2. The Kier molecular flexibility index (Phi) is 4.73. The highest BCUT2D eigenvalue weighted by molar-refractivity contribution is 5.93. The maximum atomic E-state index is 12.2. The second-order valence-corrected chi connectivity index (χ2v) is 6.33. The van der Waals surface area contributed by atoms with E-state index in [1.165, 1.54) is 12.8 Å². The zero-order chi connectivity index (χ0) is 14.6. The fourth-order valence-corrected chi connectivity index (χ4v) is 3.30. The minimum absolute atomic E-state index is 0.117. The van der Waals surface area contributed by atoms with Gasteiger partial charge in [-0.2, -0.15) is 0 Å². The summed E-state index contributed by atoms with van der Waals surface area (Å²) in [6.45, 7) is 2.19. The third kappa shape index (κ3) is 3.35. The van der Waals surface area contributed by atoms with Crippen molar-refractivity contribution in [3.8, 4) is 0 Å². The van der Waals surface area contributed by atoms with Gasteiger partial charge in [0.2, 0.25) is 0 Å². The van der Waals surface area contributed by atoms with E-state index in [1.807, 2.05) is 0 Å². The highest BCUT2D eigenvalue weighted by atomic mass is 16.4. The predicted molar refractivity (Wildman–Crippen MR) is 77.7 cm³/mol. The van der Waals surface area contributed by atoms with Crippen LogP contribution < -0.4 is 16.4 Å². The van der Waals surface area contributed by atoms with E-state index in [9.17, 15) is 4.79 Å². The molecule has 2 fully saturated rings. The topological polar surface area (TPSA) is 99.7 Å². The molecule has 2 aliphatic carbocycles. The number of hydrogen-bond acceptors (Lipinski definition) is 3. The van der Waals surface area contributed by atoms with Gasteiger partial charge >= 0.3 is 6.03 Å². The van der Waals surface area contributed by atoms with Crippen LogP contribution >= 0.6 is 0 Å². The Bertz CT molecular complexity index is 369. The molecule has 0 unspecified atom stereocenters. The van der Waals surface area contributed by atoms with E-state index in [4.69, 9.17) is 10.9 Å². The summed E-state index contributed by atoms with van der Waals surface area (Å²) in [5, 5.41) is 18.1. The first-order valence-corrected chi connectivity index (χ1v) is 7.62. The average Bonchev–Trinajstić information content (AvgIpc) is 2.93. The minimum Gasteiger partial charge on any atom is -0.409 e. The molecule has 2 amide bonds. The highest BCUT2D eigenvalue weighted by Gasteiger charge is 2.40. The van der Waals surface area contributed by atoms with Crippen LogP contribution in [0.15, 0.2) is 5.16 Å². The molecule has 0 radical (unpaired) electrons. The molecule has 0 saturated heterocycles. The molecular weight excluding hydrogens is 256 g/mol. The summed E-state index contributed by atoms with van der Waals surface area (Å²) in [6.07, 6.45) is 7.83. The number of hydrogen-bond donors (Lipinski definition) is 4. The second kappa shape index (κ2) is 6.33. The van der Waals surface area contributed by atoms with E-state index >= 15 is 0 Å². The van der Waals surface area contributed by atoms with Crippen molar-refractivity contribution in [2.75, 3.05) is 0 Å². The fraction of sp³-hybridized carbons (Fsp3) is 0.857. The molecule has 2 rings (SSSR count). The van der Waals surface area contributed by atoms with Gasteiger partial charge in [-0.25, -0.2) is 4.79 Å². The molecule has 0 aromatic rings. The molecule has 2 aliphatic rings. The Morgan fingerprint density at radius 3 is 2.40 bits per heavy atom. The van der Waals surface area contributed by atoms with Gasteiger partial charge in [-0.05, 0) is 44.4 Å². The van der Waals surface area contributed by atoms with E-state index in [1.54, 1.807) is 0 Å². The maximum absolute atomic E-state index is 12.2. The Morgan fingerprint density at radius 1 is 1.25 bits per heavy atom. The van der Waals surface area contributed by atoms with E-state index in [-0.39, 0.29) is 17.9 Å². The van der Waals surface area contributed by atoms with Crippen molar-refractivity contribution in [2.24, 2.45) is 16.8 Å². The SMILES string of the molecule is CC1CCC(NC(=O)NC2CCCC2)(C(N)=NO)CC1. The molecule has 5 N–H and O–H groups in total. The largest absolute Gasteiger partial charge is 0.409 e. The smallest absolute Gasteiger partial charge is 0.315 e. The predicted octanol–water partition coefficient (Wildman–Crippen LogP) is 1.92. The van der Waals surface area contributed by atoms with Gasteiger partial charge in [-0.3, -0.25) is 0 Å². The van der Waals surface area contributed by atoms with Crippen LogP contribution in [0.5, 0.6) is 0 Å². The van der Waals surface area contributed by atoms with Gasteiger partial charge in [0.15, 0.2) is 5.84 Å². The molecule has 0 bridgehead atoms. The van der Waals surface area contributed by atoms with Gasteiger partial charge < -0.3 is 21.6 Å². The van der Waals surface area contributed by atoms with Crippen molar-refractivity contribution >= 4 is 11.9 Å². The molecule has 6 heteroatoms. The lowest BCUT2D eigenvalue weighted by Gasteiger charge is -2.39. The van der Waals surface area contributed by atoms with Crippen molar-refractivity contribution < 1.29 is 10.0 Å². The van der Waals surface area contributed by atoms with E-state index in [2.05, 4.69) is 22.7 Å². The minimum atomic E-state index is -0.691. The number of rotatable bonds is 3. The highest BCUT2D eigenvalue weighted by Crippen LogP contribution is 2.32. The van der Waals surface area contributed by atoms with Crippen LogP contribution in [-0.2, 0) is 0 Å². The molecule has 0 aliphatic heterocycles. The molecule has 114 valence electrons. The van der Waals surface area contributed by atoms with Gasteiger partial charge in [-0.1, -0.05) is 24.9 Å². The monoisotopic (exact) mass is 282 g/mol. The molecule has 0 aromatic heterocycles. The standard InChI is InChI=1S/C14H26N4O2/c1-10-6-8-14(9-7-10,12(15)18-20)17-13(19)16-11-4-2-3-5-11/h10-11,20H,2-9H2,1H3,(H2,15,18)(H2,16,17,19). The fourth-order valence-electron chi connectivity index (χ4n) is 3.30. The van der Waals surface area contributed by atoms with Crippen molar-refractivity contribution in [2.45, 2.75) is 69.9 Å². The summed E-state index contributed by atoms with van der Waals surface area (Å²) >= 11 is 0. The lowest BCUT2D eigenvalue weighted by Crippen LogP contribution is -2.61. The first-order valence-electron chi connectivity index (χ1n) is 7.62. The summed E-state index contributed by atoms with van der Waals surface area (Å²) in [6, 6.07) is 0.0694. The van der Waals surface area contributed by atoms with Gasteiger partial charge in [0.25, 0.3) is 0 Å². The van der Waals surface area contributed by atoms with Crippen LogP contribution in [0.2, 0.25) is 0 Å². The Balaban J connectivity index is 1.98. The Labute approximate surface area is 120 Å². The van der Waals surface area contributed by atoms with E-state index < -0.39 is 5.54 Å². The molecular formula is C14H26N4O2. The van der Waals surface area contributed by atoms with Crippen molar-refractivity contribution in [3.63, 3.8) is 0 Å². The molecule has 6 nitrogen and oxygen atoms in total. The molecule has 0 heterocycles. The molecule has 0 atom stereocenters. The van der Waals surface area contributed by atoms with Crippen LogP contribution in [-0.4, -0.2) is 28.7 Å². The Morgan fingerprint density at radius 2 is 1.85 bits per heavy atom. The second-order valence-electron chi connectivity index (χ2n) is 6.33. The number of carbonyl (C=O) groups excluding carboxylic acids is 1. The average molecular weight is 282 g/mol. The summed E-state index contributed by atoms with van der Waals surface area (Å²) < 4.78 is 0. The summed E-state index contributed by atoms with van der Waals surface area (Å²) in [5.41, 5.74) is 5.15. The van der Waals surface area contributed by atoms with Crippen molar-refractivity contribution in [1.82, 2.24) is 10.6 Å². The molecule has 0 spiro atoms. The van der Waals surface area contributed by atoms with E-state index in [0.29, 0.717) is 5.92 Å². The van der Waals surface area contributed by atoms with E-state index in [0.717, 1.165) is 38.5 Å². The number of nitrogens with one attached hydrogen (secondary N) is 2. The zero-order valence-corrected chi connectivity index (χ0v) is 12.2. The van der Waals surface area contributed by atoms with Crippen LogP contribution in [0.1, 0.15) is 58.3 Å². The summed E-state index contributed by atoms with van der Waals surface area (Å²) in [7, 11) is 0. The quantitative estimate of drug-likeness (QED) is 0.275. The zero-order valence-electron chi connectivity index (χ0n) is 12.2. The van der Waals surface area contributed by atoms with Crippen LogP contribution in [0.4, 0.5) is 4.79 Å². The number of nitrogens with two attached hydrogens (primary N) is 1. The van der Waals surface area contributed by atoms with Crippen molar-refractivity contribution in [1.29, 1.82) is 0 Å². The number of carbonyl (C=O) groups is 1. The molecule has 0 aromatic carbocycles. The van der Waals surface area contributed by atoms with Crippen molar-refractivity contribution in [3.05, 3.63) is 0 Å². The maximum Gasteiger partial charge on any atom is 0.315 e. The number of amidine groups is 1. The number of oxime groups is 1. The van der Waals surface area contributed by atoms with Gasteiger partial charge in [0, 0.05) is 6.04 Å². The number of nitrogens with zero attached hydrogens (tertiary/aromatic N) is 1. The lowest BCUT2D eigenvalue weighted by atomic mass is 9.76. The molecule has 2 saturated carbocycles. The first kappa shape index (κ1) is 14.9. The summed E-state index contributed by atoms with van der Waals surface area (Å²) in [4.78, 5) is 12.2. The molecule has 20 heavy (non-hydrogen) atoms.